The second-order valence-corrected chi connectivity index (χ2v) is 11.7. The number of carbonyl (C=O) groups excluding carboxylic acids is 5. The first-order valence-electron chi connectivity index (χ1n) is 15.9. The zero-order chi connectivity index (χ0) is 34.5. The van der Waals surface area contributed by atoms with Gasteiger partial charge in [0.1, 0.15) is 24.2 Å². The lowest BCUT2D eigenvalue weighted by atomic mass is 10.0. The van der Waals surface area contributed by atoms with Gasteiger partial charge in [-0.25, -0.2) is 4.98 Å². The summed E-state index contributed by atoms with van der Waals surface area (Å²) < 4.78 is 0. The molecule has 2 heterocycles. The summed E-state index contributed by atoms with van der Waals surface area (Å²) in [5, 5.41) is 11.8. The van der Waals surface area contributed by atoms with Crippen molar-refractivity contribution in [3.05, 3.63) is 90.1 Å². The van der Waals surface area contributed by atoms with Crippen molar-refractivity contribution >= 4 is 40.4 Å². The van der Waals surface area contributed by atoms with Gasteiger partial charge in [0.15, 0.2) is 0 Å². The predicted molar refractivity (Wildman–Crippen MR) is 180 cm³/mol. The number of fused-ring (bicyclic) bond motifs is 1. The van der Waals surface area contributed by atoms with Gasteiger partial charge in [0.2, 0.25) is 29.5 Å². The van der Waals surface area contributed by atoms with E-state index >= 15 is 0 Å². The summed E-state index contributed by atoms with van der Waals surface area (Å²) in [7, 11) is 0. The Labute approximate surface area is 278 Å². The number of imidazole rings is 1. The van der Waals surface area contributed by atoms with Crippen molar-refractivity contribution in [3.8, 4) is 0 Å². The molecule has 0 bridgehead atoms. The Kier molecular flexibility index (Phi) is 12.8. The zero-order valence-electron chi connectivity index (χ0n) is 26.8. The van der Waals surface area contributed by atoms with Gasteiger partial charge in [0, 0.05) is 55.2 Å². The number of rotatable bonds is 18. The van der Waals surface area contributed by atoms with Crippen LogP contribution in [0.2, 0.25) is 0 Å². The van der Waals surface area contributed by atoms with E-state index in [4.69, 9.17) is 11.5 Å². The van der Waals surface area contributed by atoms with Crippen LogP contribution in [-0.4, -0.2) is 75.2 Å². The molecule has 0 saturated heterocycles. The molecular weight excluding hydrogens is 614 g/mol. The van der Waals surface area contributed by atoms with Gasteiger partial charge in [-0.2, -0.15) is 0 Å². The number of amides is 5. The summed E-state index contributed by atoms with van der Waals surface area (Å²) in [6, 6.07) is 12.4. The van der Waals surface area contributed by atoms with Gasteiger partial charge in [-0.05, 0) is 43.0 Å². The highest BCUT2D eigenvalue weighted by molar-refractivity contribution is 5.95. The van der Waals surface area contributed by atoms with Gasteiger partial charge in [-0.1, -0.05) is 48.5 Å². The summed E-state index contributed by atoms with van der Waals surface area (Å²) in [5.74, 6) is -2.95. The zero-order valence-corrected chi connectivity index (χ0v) is 26.8. The average molecular weight is 658 g/mol. The molecule has 14 heteroatoms. The first-order chi connectivity index (χ1) is 23.1. The van der Waals surface area contributed by atoms with Gasteiger partial charge >= 0.3 is 0 Å². The quantitative estimate of drug-likeness (QED) is 0.0706. The lowest BCUT2D eigenvalue weighted by Gasteiger charge is -2.26. The molecule has 5 amide bonds. The van der Waals surface area contributed by atoms with Crippen LogP contribution in [0.15, 0.2) is 73.3 Å². The standard InChI is InChI=1S/C34H43N9O5/c1-21(44)40-30(17-24-19-37-20-39-24)34(48)43-29(15-22-9-3-2-4-10-22)33(47)41-27(13-7-8-14-35)32(46)42-28(31(36)45)16-23-18-38-26-12-6-5-11-25(23)26/h2-6,9-12,18-20,27-30,38H,7-8,13-17,35H2,1H3,(H2,36,45)(H,37,39)(H,40,44)(H,41,47)(H,42,46)(H,43,48)/t27-,28-,29+,30-/m0/s1. The second kappa shape index (κ2) is 17.4. The van der Waals surface area contributed by atoms with E-state index in [0.717, 1.165) is 22.0 Å². The summed E-state index contributed by atoms with van der Waals surface area (Å²) in [6.07, 6.45) is 6.48. The van der Waals surface area contributed by atoms with E-state index in [2.05, 4.69) is 36.2 Å². The fourth-order valence-electron chi connectivity index (χ4n) is 5.45. The number of nitrogens with two attached hydrogens (primary N) is 2. The maximum Gasteiger partial charge on any atom is 0.243 e. The number of hydrogen-bond donors (Lipinski definition) is 8. The maximum absolute atomic E-state index is 13.9. The Morgan fingerprint density at radius 2 is 1.40 bits per heavy atom. The van der Waals surface area contributed by atoms with Crippen molar-refractivity contribution in [2.75, 3.05) is 6.54 Å². The summed E-state index contributed by atoms with van der Waals surface area (Å²) in [4.78, 5) is 75.6. The molecule has 0 aliphatic carbocycles. The molecule has 14 nitrogen and oxygen atoms in total. The number of nitrogens with one attached hydrogen (secondary N) is 6. The van der Waals surface area contributed by atoms with Crippen molar-refractivity contribution in [3.63, 3.8) is 0 Å². The van der Waals surface area contributed by atoms with Crippen LogP contribution in [0.25, 0.3) is 10.9 Å². The van der Waals surface area contributed by atoms with Gasteiger partial charge in [0.05, 0.1) is 6.33 Å². The maximum atomic E-state index is 13.9. The number of para-hydroxylation sites is 1. The predicted octanol–water partition coefficient (Wildman–Crippen LogP) is 0.492. The number of unbranched alkanes of at least 4 members (excludes halogenated alkanes) is 1. The van der Waals surface area contributed by atoms with Gasteiger partial charge in [-0.3, -0.25) is 24.0 Å². The summed E-state index contributed by atoms with van der Waals surface area (Å²) >= 11 is 0. The average Bonchev–Trinajstić information content (AvgIpc) is 3.73. The van der Waals surface area contributed by atoms with Crippen LogP contribution in [0.3, 0.4) is 0 Å². The van der Waals surface area contributed by atoms with E-state index in [1.165, 1.54) is 13.3 Å². The van der Waals surface area contributed by atoms with Crippen LogP contribution in [0.4, 0.5) is 0 Å². The van der Waals surface area contributed by atoms with Gasteiger partial charge in [0.25, 0.3) is 0 Å². The van der Waals surface area contributed by atoms with E-state index in [0.29, 0.717) is 25.1 Å². The third-order valence-electron chi connectivity index (χ3n) is 7.93. The topological polar surface area (TPSA) is 230 Å². The molecular formula is C34H43N9O5. The molecule has 0 aliphatic heterocycles. The lowest BCUT2D eigenvalue weighted by Crippen LogP contribution is -2.59. The molecule has 2 aromatic heterocycles. The number of H-pyrrole nitrogens is 2. The van der Waals surface area contributed by atoms with Crippen molar-refractivity contribution in [2.45, 2.75) is 69.6 Å². The van der Waals surface area contributed by atoms with E-state index in [1.54, 1.807) is 12.4 Å². The molecule has 0 fully saturated rings. The molecule has 10 N–H and O–H groups in total. The van der Waals surface area contributed by atoms with Crippen molar-refractivity contribution in [1.29, 1.82) is 0 Å². The molecule has 0 saturated carbocycles. The fraction of sp³-hybridized carbons (Fsp3) is 0.353. The molecule has 4 rings (SSSR count). The second-order valence-electron chi connectivity index (χ2n) is 11.7. The Balaban J connectivity index is 1.53. The minimum atomic E-state index is -1.11. The van der Waals surface area contributed by atoms with Crippen LogP contribution in [-0.2, 0) is 43.2 Å². The Hall–Kier alpha value is -5.50. The molecule has 4 aromatic rings. The normalized spacial score (nSPS) is 13.5. The monoisotopic (exact) mass is 657 g/mol. The molecule has 0 unspecified atom stereocenters. The highest BCUT2D eigenvalue weighted by atomic mass is 16.2. The summed E-state index contributed by atoms with van der Waals surface area (Å²) in [6.45, 7) is 1.68. The van der Waals surface area contributed by atoms with Crippen LogP contribution in [0.1, 0.15) is 43.0 Å². The molecule has 4 atom stereocenters. The van der Waals surface area contributed by atoms with Crippen LogP contribution >= 0.6 is 0 Å². The number of aromatic amines is 2. The minimum absolute atomic E-state index is 0.108. The number of nitrogens with zero attached hydrogens (tertiary/aromatic N) is 1. The lowest BCUT2D eigenvalue weighted by molar-refractivity contribution is -0.134. The van der Waals surface area contributed by atoms with E-state index < -0.39 is 53.7 Å². The van der Waals surface area contributed by atoms with E-state index in [9.17, 15) is 24.0 Å². The van der Waals surface area contributed by atoms with Crippen LogP contribution in [0.5, 0.6) is 0 Å². The number of aromatic nitrogens is 3. The Morgan fingerprint density at radius 1 is 0.750 bits per heavy atom. The van der Waals surface area contributed by atoms with Crippen molar-refractivity contribution in [2.24, 2.45) is 11.5 Å². The first kappa shape index (κ1) is 35.4. The highest BCUT2D eigenvalue weighted by Crippen LogP contribution is 2.19. The minimum Gasteiger partial charge on any atom is -0.368 e. The van der Waals surface area contributed by atoms with Gasteiger partial charge in [-0.15, -0.1) is 0 Å². The number of benzene rings is 2. The molecule has 0 spiro atoms. The molecule has 254 valence electrons. The van der Waals surface area contributed by atoms with Crippen LogP contribution in [0, 0.1) is 0 Å². The number of hydrogen-bond acceptors (Lipinski definition) is 7. The molecule has 2 aromatic carbocycles. The number of carbonyl (C=O) groups is 5. The molecule has 0 aliphatic rings. The Morgan fingerprint density at radius 3 is 2.06 bits per heavy atom. The molecule has 48 heavy (non-hydrogen) atoms. The van der Waals surface area contributed by atoms with Gasteiger partial charge < -0.3 is 42.7 Å². The summed E-state index contributed by atoms with van der Waals surface area (Å²) in [5.41, 5.74) is 14.5. The Bertz CT molecular complexity index is 1670. The smallest absolute Gasteiger partial charge is 0.243 e. The highest BCUT2D eigenvalue weighted by Gasteiger charge is 2.31. The fourth-order valence-corrected chi connectivity index (χ4v) is 5.45. The SMILES string of the molecule is CC(=O)N[C@@H](Cc1cnc[nH]1)C(=O)N[C@H](Cc1ccccc1)C(=O)N[C@@H](CCCCN)C(=O)N[C@@H](Cc1c[nH]c2ccccc12)C(N)=O. The third kappa shape index (κ3) is 10.3. The van der Waals surface area contributed by atoms with E-state index in [-0.39, 0.29) is 25.7 Å². The van der Waals surface area contributed by atoms with Crippen molar-refractivity contribution in [1.82, 2.24) is 36.2 Å². The van der Waals surface area contributed by atoms with E-state index in [1.807, 2.05) is 54.6 Å². The first-order valence-corrected chi connectivity index (χ1v) is 15.9. The third-order valence-corrected chi connectivity index (χ3v) is 7.93. The van der Waals surface area contributed by atoms with Crippen molar-refractivity contribution < 1.29 is 24.0 Å². The van der Waals surface area contributed by atoms with Crippen LogP contribution < -0.4 is 32.7 Å². The number of primary amides is 1. The molecule has 0 radical (unpaired) electrons. The largest absolute Gasteiger partial charge is 0.368 e.